The molecule has 48 heavy (non-hydrogen) atoms. The summed E-state index contributed by atoms with van der Waals surface area (Å²) in [6.07, 6.45) is 13.1. The molecule has 0 unspecified atom stereocenters. The quantitative estimate of drug-likeness (QED) is 0.0615. The fraction of sp³-hybridized carbons (Fsp3) is 0.488. The average Bonchev–Trinajstić information content (AvgIpc) is 3.41. The third-order valence-electron chi connectivity index (χ3n) is 10.9. The van der Waals surface area contributed by atoms with Gasteiger partial charge in [0.05, 0.1) is 5.60 Å². The first-order valence-corrected chi connectivity index (χ1v) is 22.8. The van der Waals surface area contributed by atoms with Crippen molar-refractivity contribution >= 4 is 27.0 Å². The van der Waals surface area contributed by atoms with Crippen molar-refractivity contribution < 1.29 is 13.6 Å². The molecule has 3 nitrogen and oxygen atoms in total. The minimum atomic E-state index is -2.63. The Morgan fingerprint density at radius 1 is 0.875 bits per heavy atom. The summed E-state index contributed by atoms with van der Waals surface area (Å²) < 4.78 is 21.4. The summed E-state index contributed by atoms with van der Waals surface area (Å²) in [5.74, 6) is 4.80. The summed E-state index contributed by atoms with van der Waals surface area (Å²) in [5.41, 5.74) is 0.999. The van der Waals surface area contributed by atoms with E-state index in [0.29, 0.717) is 25.0 Å². The molecule has 3 atom stereocenters. The fourth-order valence-electron chi connectivity index (χ4n) is 8.26. The lowest BCUT2D eigenvalue weighted by Gasteiger charge is -2.46. The average molecular weight is 681 g/mol. The van der Waals surface area contributed by atoms with Gasteiger partial charge in [0.25, 0.3) is 8.32 Å². The van der Waals surface area contributed by atoms with Crippen LogP contribution in [0, 0.1) is 24.2 Å². The molecule has 0 spiro atoms. The number of ether oxygens (including phenoxy) is 1. The first kappa shape index (κ1) is 37.9. The summed E-state index contributed by atoms with van der Waals surface area (Å²) >= 11 is 0. The van der Waals surface area contributed by atoms with Gasteiger partial charge in [0.15, 0.2) is 8.32 Å². The first-order valence-electron chi connectivity index (χ1n) is 18.4. The third-order valence-corrected chi connectivity index (χ3v) is 20.6. The second-order valence-corrected chi connectivity index (χ2v) is 23.9. The molecule has 1 saturated carbocycles. The van der Waals surface area contributed by atoms with E-state index < -0.39 is 16.6 Å². The molecule has 0 aliphatic heterocycles. The highest BCUT2D eigenvalue weighted by atomic mass is 28.4. The van der Waals surface area contributed by atoms with Crippen molar-refractivity contribution in [2.45, 2.75) is 109 Å². The lowest BCUT2D eigenvalue weighted by molar-refractivity contribution is 0.0491. The van der Waals surface area contributed by atoms with Gasteiger partial charge in [-0.3, -0.25) is 0 Å². The highest BCUT2D eigenvalue weighted by molar-refractivity contribution is 6.99. The van der Waals surface area contributed by atoms with E-state index in [1.54, 1.807) is 0 Å². The van der Waals surface area contributed by atoms with Crippen LogP contribution in [0.25, 0.3) is 0 Å². The molecule has 0 bridgehead atoms. The van der Waals surface area contributed by atoms with Crippen LogP contribution in [0.4, 0.5) is 0 Å². The Morgan fingerprint density at radius 2 is 1.42 bits per heavy atom. The topological polar surface area (TPSA) is 27.7 Å². The molecule has 0 amide bonds. The predicted octanol–water partition coefficient (Wildman–Crippen LogP) is 10.2. The van der Waals surface area contributed by atoms with Crippen molar-refractivity contribution in [3.05, 3.63) is 103 Å². The van der Waals surface area contributed by atoms with E-state index in [1.165, 1.54) is 15.9 Å². The Kier molecular flexibility index (Phi) is 13.6. The van der Waals surface area contributed by atoms with E-state index >= 15 is 0 Å². The Bertz CT molecular complexity index is 1410. The fourth-order valence-corrected chi connectivity index (χ4v) is 16.0. The molecule has 3 aromatic rings. The molecule has 0 radical (unpaired) electrons. The molecule has 1 aliphatic carbocycles. The largest absolute Gasteiger partial charge is 0.490 e. The van der Waals surface area contributed by atoms with Crippen molar-refractivity contribution in [1.29, 1.82) is 0 Å². The highest BCUT2D eigenvalue weighted by Crippen LogP contribution is 2.52. The van der Waals surface area contributed by atoms with Crippen LogP contribution in [0.5, 0.6) is 5.75 Å². The molecule has 0 saturated heterocycles. The Hall–Kier alpha value is -2.89. The van der Waals surface area contributed by atoms with Gasteiger partial charge in [-0.25, -0.2) is 0 Å². The Balaban J connectivity index is 1.71. The van der Waals surface area contributed by atoms with E-state index in [0.717, 1.165) is 56.0 Å². The van der Waals surface area contributed by atoms with Gasteiger partial charge in [0.1, 0.15) is 12.4 Å². The van der Waals surface area contributed by atoms with Gasteiger partial charge in [0.2, 0.25) is 0 Å². The summed E-state index contributed by atoms with van der Waals surface area (Å²) in [6, 6.07) is 35.4. The lowest BCUT2D eigenvalue weighted by atomic mass is 9.79. The van der Waals surface area contributed by atoms with Crippen molar-refractivity contribution in [1.82, 2.24) is 0 Å². The molecule has 5 heteroatoms. The molecule has 258 valence electrons. The standard InChI is InChI=1S/C43H60O3Si2/c1-9-23-38-34-36(5)35-43(38,46-47(10-2,11-3)12-4)37(31-33-44-39-25-16-13-17-26-39)24-22-32-45-48(42(6,7)8,40-27-18-14-19-28-40)41-29-20-15-21-30-41/h1,13-21,25-31,36,38H,10-12,22-24,32-35H2,2-8H3/b37-31+/t36-,38-,43-/m1/s1. The van der Waals surface area contributed by atoms with Crippen molar-refractivity contribution in [2.24, 2.45) is 11.8 Å². The van der Waals surface area contributed by atoms with Gasteiger partial charge in [0, 0.05) is 18.9 Å². The zero-order chi connectivity index (χ0) is 34.7. The summed E-state index contributed by atoms with van der Waals surface area (Å²) in [6.45, 7) is 17.6. The van der Waals surface area contributed by atoms with Crippen molar-refractivity contribution in [2.75, 3.05) is 13.2 Å². The summed E-state index contributed by atoms with van der Waals surface area (Å²) in [7, 11) is -4.62. The molecule has 1 fully saturated rings. The van der Waals surface area contributed by atoms with Crippen LogP contribution >= 0.6 is 0 Å². The van der Waals surface area contributed by atoms with Gasteiger partial charge in [-0.1, -0.05) is 127 Å². The third kappa shape index (κ3) is 8.45. The zero-order valence-electron chi connectivity index (χ0n) is 30.8. The molecule has 4 rings (SSSR count). The van der Waals surface area contributed by atoms with Crippen LogP contribution in [0.15, 0.2) is 103 Å². The van der Waals surface area contributed by atoms with Crippen LogP contribution < -0.4 is 15.1 Å². The number of para-hydroxylation sites is 1. The summed E-state index contributed by atoms with van der Waals surface area (Å²) in [5, 5.41) is 2.58. The molecular weight excluding hydrogens is 621 g/mol. The number of terminal acetylenes is 1. The van der Waals surface area contributed by atoms with E-state index in [2.05, 4.69) is 121 Å². The van der Waals surface area contributed by atoms with Gasteiger partial charge in [-0.05, 0) is 88.9 Å². The second kappa shape index (κ2) is 17.2. The molecule has 3 aromatic carbocycles. The maximum Gasteiger partial charge on any atom is 0.261 e. The van der Waals surface area contributed by atoms with Gasteiger partial charge >= 0.3 is 0 Å². The van der Waals surface area contributed by atoms with Crippen LogP contribution in [0.1, 0.15) is 80.6 Å². The van der Waals surface area contributed by atoms with Crippen LogP contribution in [0.3, 0.4) is 0 Å². The molecule has 0 N–H and O–H groups in total. The van der Waals surface area contributed by atoms with Gasteiger partial charge < -0.3 is 13.6 Å². The first-order chi connectivity index (χ1) is 23.1. The number of hydrogen-bond donors (Lipinski definition) is 0. The monoisotopic (exact) mass is 680 g/mol. The SMILES string of the molecule is C#CC[C@@H]1C[C@@H](C)C[C@@]1(O[Si](CC)(CC)CC)/C(=C/COc1ccccc1)CCCO[Si](c1ccccc1)(c1ccccc1)C(C)(C)C. The maximum absolute atomic E-state index is 7.71. The molecule has 1 aliphatic rings. The van der Waals surface area contributed by atoms with Crippen LogP contribution in [-0.4, -0.2) is 35.4 Å². The van der Waals surface area contributed by atoms with E-state index in [-0.39, 0.29) is 10.6 Å². The van der Waals surface area contributed by atoms with E-state index in [4.69, 9.17) is 20.0 Å². The summed E-state index contributed by atoms with van der Waals surface area (Å²) in [4.78, 5) is 0. The van der Waals surface area contributed by atoms with Gasteiger partial charge in [-0.2, -0.15) is 0 Å². The Morgan fingerprint density at radius 3 is 1.92 bits per heavy atom. The zero-order valence-corrected chi connectivity index (χ0v) is 32.8. The minimum absolute atomic E-state index is 0.0599. The molecule has 0 heterocycles. The number of benzene rings is 3. The van der Waals surface area contributed by atoms with Crippen molar-refractivity contribution in [3.63, 3.8) is 0 Å². The van der Waals surface area contributed by atoms with Crippen LogP contribution in [0.2, 0.25) is 23.2 Å². The maximum atomic E-state index is 7.71. The normalized spacial score (nSPS) is 20.4. The minimum Gasteiger partial charge on any atom is -0.490 e. The number of hydrogen-bond acceptors (Lipinski definition) is 3. The smallest absolute Gasteiger partial charge is 0.261 e. The molecule has 0 aromatic heterocycles. The predicted molar refractivity (Wildman–Crippen MR) is 209 cm³/mol. The highest BCUT2D eigenvalue weighted by Gasteiger charge is 2.53. The molecular formula is C43H60O3Si2. The van der Waals surface area contributed by atoms with E-state index in [1.807, 2.05) is 30.3 Å². The van der Waals surface area contributed by atoms with Gasteiger partial charge in [-0.15, -0.1) is 12.3 Å². The van der Waals surface area contributed by atoms with Crippen LogP contribution in [-0.2, 0) is 8.85 Å². The second-order valence-electron chi connectivity index (χ2n) is 14.9. The number of rotatable bonds is 17. The lowest BCUT2D eigenvalue weighted by Crippen LogP contribution is -2.66. The van der Waals surface area contributed by atoms with E-state index in [9.17, 15) is 0 Å². The van der Waals surface area contributed by atoms with Crippen molar-refractivity contribution in [3.8, 4) is 18.1 Å². The Labute approximate surface area is 294 Å².